The summed E-state index contributed by atoms with van der Waals surface area (Å²) >= 11 is 0. The molecule has 0 atom stereocenters. The van der Waals surface area contributed by atoms with Crippen LogP contribution in [0.4, 0.5) is 5.69 Å². The van der Waals surface area contributed by atoms with Gasteiger partial charge in [-0.2, -0.15) is 0 Å². The summed E-state index contributed by atoms with van der Waals surface area (Å²) in [6.07, 6.45) is 0. The summed E-state index contributed by atoms with van der Waals surface area (Å²) in [7, 11) is 0. The van der Waals surface area contributed by atoms with Gasteiger partial charge < -0.3 is 9.88 Å². The number of carbonyl (C=O) groups excluding carboxylic acids is 1. The summed E-state index contributed by atoms with van der Waals surface area (Å²) in [5, 5.41) is 4.11. The molecule has 0 unspecified atom stereocenters. The first-order valence-corrected chi connectivity index (χ1v) is 9.54. The number of aromatic nitrogens is 1. The normalized spacial score (nSPS) is 11.0. The molecule has 1 amide bonds. The molecule has 1 N–H and O–H groups in total. The number of amides is 1. The van der Waals surface area contributed by atoms with Gasteiger partial charge in [-0.3, -0.25) is 4.79 Å². The molecule has 4 aromatic rings. The van der Waals surface area contributed by atoms with Gasteiger partial charge >= 0.3 is 0 Å². The van der Waals surface area contributed by atoms with E-state index in [-0.39, 0.29) is 5.91 Å². The van der Waals surface area contributed by atoms with Crippen LogP contribution in [-0.2, 0) is 6.54 Å². The second-order valence-electron chi connectivity index (χ2n) is 7.33. The average molecular weight is 368 g/mol. The lowest BCUT2D eigenvalue weighted by atomic mass is 10.1. The molecule has 140 valence electrons. The molecule has 1 heterocycles. The number of fused-ring (bicyclic) bond motifs is 1. The third kappa shape index (κ3) is 3.44. The lowest BCUT2D eigenvalue weighted by Gasteiger charge is -2.09. The summed E-state index contributed by atoms with van der Waals surface area (Å²) in [6.45, 7) is 7.13. The molecule has 0 fully saturated rings. The van der Waals surface area contributed by atoms with E-state index in [1.165, 1.54) is 22.4 Å². The Morgan fingerprint density at radius 3 is 2.32 bits per heavy atom. The van der Waals surface area contributed by atoms with Crippen molar-refractivity contribution in [2.45, 2.75) is 27.3 Å². The van der Waals surface area contributed by atoms with Crippen molar-refractivity contribution in [1.82, 2.24) is 4.57 Å². The van der Waals surface area contributed by atoms with Crippen LogP contribution in [0, 0.1) is 20.8 Å². The van der Waals surface area contributed by atoms with Crippen molar-refractivity contribution in [1.29, 1.82) is 0 Å². The number of aryl methyl sites for hydroxylation is 2. The highest BCUT2D eigenvalue weighted by Crippen LogP contribution is 2.27. The predicted molar refractivity (Wildman–Crippen MR) is 116 cm³/mol. The topological polar surface area (TPSA) is 34.0 Å². The van der Waals surface area contributed by atoms with E-state index in [4.69, 9.17) is 0 Å². The van der Waals surface area contributed by atoms with E-state index < -0.39 is 0 Å². The molecule has 3 aromatic carbocycles. The van der Waals surface area contributed by atoms with Gasteiger partial charge in [0.1, 0.15) is 0 Å². The summed E-state index contributed by atoms with van der Waals surface area (Å²) in [6, 6.07) is 24.3. The molecule has 3 heteroatoms. The maximum absolute atomic E-state index is 12.7. The minimum Gasteiger partial charge on any atom is -0.340 e. The molecular formula is C25H24N2O. The number of benzene rings is 3. The van der Waals surface area contributed by atoms with Gasteiger partial charge in [0.25, 0.3) is 5.91 Å². The fourth-order valence-electron chi connectivity index (χ4n) is 3.60. The second-order valence-corrected chi connectivity index (χ2v) is 7.33. The van der Waals surface area contributed by atoms with Crippen LogP contribution in [-0.4, -0.2) is 10.5 Å². The number of rotatable bonds is 4. The monoisotopic (exact) mass is 368 g/mol. The Balaban J connectivity index is 1.66. The summed E-state index contributed by atoms with van der Waals surface area (Å²) in [5.74, 6) is -0.0846. The first-order valence-electron chi connectivity index (χ1n) is 9.54. The summed E-state index contributed by atoms with van der Waals surface area (Å²) in [5.41, 5.74) is 7.53. The van der Waals surface area contributed by atoms with Gasteiger partial charge in [-0.25, -0.2) is 0 Å². The van der Waals surface area contributed by atoms with Gasteiger partial charge in [0, 0.05) is 34.4 Å². The predicted octanol–water partition coefficient (Wildman–Crippen LogP) is 5.87. The van der Waals surface area contributed by atoms with Crippen LogP contribution in [0.25, 0.3) is 10.9 Å². The zero-order valence-electron chi connectivity index (χ0n) is 16.5. The Kier molecular flexibility index (Phi) is 4.74. The number of nitrogens with zero attached hydrogens (tertiary/aromatic N) is 1. The second kappa shape index (κ2) is 7.35. The number of hydrogen-bond donors (Lipinski definition) is 1. The van der Waals surface area contributed by atoms with Crippen molar-refractivity contribution in [3.8, 4) is 0 Å². The molecule has 0 aliphatic carbocycles. The summed E-state index contributed by atoms with van der Waals surface area (Å²) in [4.78, 5) is 12.7. The van der Waals surface area contributed by atoms with E-state index in [0.717, 1.165) is 23.1 Å². The Labute approximate surface area is 165 Å². The average Bonchev–Trinajstić information content (AvgIpc) is 2.95. The van der Waals surface area contributed by atoms with Crippen molar-refractivity contribution < 1.29 is 4.79 Å². The Morgan fingerprint density at radius 1 is 0.893 bits per heavy atom. The van der Waals surface area contributed by atoms with Crippen LogP contribution in [0.5, 0.6) is 0 Å². The molecule has 0 saturated heterocycles. The molecule has 1 aromatic heterocycles. The highest BCUT2D eigenvalue weighted by Gasteiger charge is 2.14. The largest absolute Gasteiger partial charge is 0.340 e. The maximum atomic E-state index is 12.7. The summed E-state index contributed by atoms with van der Waals surface area (Å²) < 4.78 is 2.32. The third-order valence-electron chi connectivity index (χ3n) is 5.39. The zero-order chi connectivity index (χ0) is 19.7. The molecule has 4 rings (SSSR count). The molecule has 0 saturated carbocycles. The van der Waals surface area contributed by atoms with E-state index in [9.17, 15) is 4.79 Å². The lowest BCUT2D eigenvalue weighted by molar-refractivity contribution is 0.102. The van der Waals surface area contributed by atoms with Crippen LogP contribution in [0.2, 0.25) is 0 Å². The molecular weight excluding hydrogens is 344 g/mol. The van der Waals surface area contributed by atoms with Gasteiger partial charge in [-0.1, -0.05) is 48.0 Å². The molecule has 0 bridgehead atoms. The zero-order valence-corrected chi connectivity index (χ0v) is 16.5. The number of carbonyl (C=O) groups is 1. The van der Waals surface area contributed by atoms with Crippen LogP contribution < -0.4 is 5.32 Å². The molecule has 28 heavy (non-hydrogen) atoms. The Bertz CT molecular complexity index is 1140. The molecule has 0 aliphatic rings. The van der Waals surface area contributed by atoms with E-state index in [1.807, 2.05) is 49.4 Å². The van der Waals surface area contributed by atoms with Crippen molar-refractivity contribution in [2.24, 2.45) is 0 Å². The van der Waals surface area contributed by atoms with E-state index >= 15 is 0 Å². The van der Waals surface area contributed by atoms with E-state index in [1.54, 1.807) is 0 Å². The molecule has 0 aliphatic heterocycles. The first-order chi connectivity index (χ1) is 13.5. The quantitative estimate of drug-likeness (QED) is 0.480. The van der Waals surface area contributed by atoms with E-state index in [2.05, 4.69) is 54.1 Å². The van der Waals surface area contributed by atoms with Crippen molar-refractivity contribution in [3.63, 3.8) is 0 Å². The number of nitrogens with one attached hydrogen (secondary N) is 1. The van der Waals surface area contributed by atoms with Crippen molar-refractivity contribution >= 4 is 22.5 Å². The van der Waals surface area contributed by atoms with Crippen molar-refractivity contribution in [2.75, 3.05) is 5.32 Å². The minimum absolute atomic E-state index is 0.0846. The van der Waals surface area contributed by atoms with Crippen molar-refractivity contribution in [3.05, 3.63) is 101 Å². The van der Waals surface area contributed by atoms with Gasteiger partial charge in [0.15, 0.2) is 0 Å². The third-order valence-corrected chi connectivity index (χ3v) is 5.39. The smallest absolute Gasteiger partial charge is 0.255 e. The molecule has 0 spiro atoms. The van der Waals surface area contributed by atoms with Crippen LogP contribution >= 0.6 is 0 Å². The van der Waals surface area contributed by atoms with Gasteiger partial charge in [-0.05, 0) is 62.2 Å². The fraction of sp³-hybridized carbons (Fsp3) is 0.160. The highest BCUT2D eigenvalue weighted by atomic mass is 16.1. The lowest BCUT2D eigenvalue weighted by Crippen LogP contribution is -2.11. The van der Waals surface area contributed by atoms with Gasteiger partial charge in [-0.15, -0.1) is 0 Å². The first kappa shape index (κ1) is 18.1. The standard InChI is InChI=1S/C25H24N2O/c1-17-9-12-22(13-10-17)26-25(28)21-11-14-24-23(15-21)18(2)19(3)27(24)16-20-7-5-4-6-8-20/h4-15H,16H2,1-3H3,(H,26,28). The molecule has 3 nitrogen and oxygen atoms in total. The fourth-order valence-corrected chi connectivity index (χ4v) is 3.60. The SMILES string of the molecule is Cc1ccc(NC(=O)c2ccc3c(c2)c(C)c(C)n3Cc2ccccc2)cc1. The number of hydrogen-bond acceptors (Lipinski definition) is 1. The number of anilines is 1. The Hall–Kier alpha value is -3.33. The minimum atomic E-state index is -0.0846. The maximum Gasteiger partial charge on any atom is 0.255 e. The molecule has 0 radical (unpaired) electrons. The van der Waals surface area contributed by atoms with Crippen LogP contribution in [0.3, 0.4) is 0 Å². The van der Waals surface area contributed by atoms with Crippen LogP contribution in [0.1, 0.15) is 32.7 Å². The highest BCUT2D eigenvalue weighted by molar-refractivity contribution is 6.06. The van der Waals surface area contributed by atoms with Gasteiger partial charge in [0.2, 0.25) is 0 Å². The van der Waals surface area contributed by atoms with Gasteiger partial charge in [0.05, 0.1) is 0 Å². The van der Waals surface area contributed by atoms with E-state index in [0.29, 0.717) is 5.56 Å². The Morgan fingerprint density at radius 2 is 1.61 bits per heavy atom. The van der Waals surface area contributed by atoms with Crippen LogP contribution in [0.15, 0.2) is 72.8 Å².